The lowest BCUT2D eigenvalue weighted by Crippen LogP contribution is -2.41. The Morgan fingerprint density at radius 3 is 2.35 bits per heavy atom. The van der Waals surface area contributed by atoms with Gasteiger partial charge in [0.2, 0.25) is 5.91 Å². The summed E-state index contributed by atoms with van der Waals surface area (Å²) in [5, 5.41) is 2.53. The maximum Gasteiger partial charge on any atom is 0.331 e. The van der Waals surface area contributed by atoms with E-state index in [0.29, 0.717) is 12.2 Å². The molecule has 7 heteroatoms. The molecule has 0 radical (unpaired) electrons. The fourth-order valence-corrected chi connectivity index (χ4v) is 2.48. The molecule has 0 spiro atoms. The van der Waals surface area contributed by atoms with Crippen molar-refractivity contribution in [2.45, 2.75) is 13.1 Å². The predicted octanol–water partition coefficient (Wildman–Crippen LogP) is 1.84. The third-order valence-electron chi connectivity index (χ3n) is 3.77. The van der Waals surface area contributed by atoms with E-state index in [1.807, 2.05) is 30.3 Å². The minimum atomic E-state index is -0.574. The minimum Gasteiger partial charge on any atom is -0.325 e. The smallest absolute Gasteiger partial charge is 0.325 e. The van der Waals surface area contributed by atoms with Gasteiger partial charge in [0.1, 0.15) is 12.4 Å². The van der Waals surface area contributed by atoms with Gasteiger partial charge in [0, 0.05) is 18.0 Å². The number of carbonyl (C=O) groups excluding carboxylic acids is 1. The first-order valence-corrected chi connectivity index (χ1v) is 7.92. The molecule has 3 rings (SSSR count). The Labute approximate surface area is 148 Å². The van der Waals surface area contributed by atoms with Crippen LogP contribution in [-0.4, -0.2) is 15.0 Å². The second-order valence-corrected chi connectivity index (χ2v) is 5.69. The van der Waals surface area contributed by atoms with E-state index >= 15 is 0 Å². The predicted molar refractivity (Wildman–Crippen MR) is 95.5 cm³/mol. The van der Waals surface area contributed by atoms with Gasteiger partial charge in [0.15, 0.2) is 0 Å². The highest BCUT2D eigenvalue weighted by molar-refractivity contribution is 5.90. The average molecular weight is 353 g/mol. The molecule has 1 heterocycles. The molecule has 1 N–H and O–H groups in total. The van der Waals surface area contributed by atoms with E-state index in [0.717, 1.165) is 10.1 Å². The lowest BCUT2D eigenvalue weighted by atomic mass is 10.2. The first-order chi connectivity index (χ1) is 12.5. The highest BCUT2D eigenvalue weighted by Gasteiger charge is 2.10. The summed E-state index contributed by atoms with van der Waals surface area (Å²) in [6.07, 6.45) is 1.41. The third kappa shape index (κ3) is 4.13. The highest BCUT2D eigenvalue weighted by Crippen LogP contribution is 2.08. The number of amides is 1. The Hall–Kier alpha value is -3.48. The maximum atomic E-state index is 12.9. The minimum absolute atomic E-state index is 0.291. The maximum absolute atomic E-state index is 12.9. The Morgan fingerprint density at radius 1 is 0.962 bits per heavy atom. The molecule has 0 aliphatic heterocycles. The van der Waals surface area contributed by atoms with Gasteiger partial charge >= 0.3 is 5.69 Å². The van der Waals surface area contributed by atoms with Crippen LogP contribution in [0.15, 0.2) is 76.4 Å². The van der Waals surface area contributed by atoms with Crippen molar-refractivity contribution in [2.75, 3.05) is 5.32 Å². The van der Waals surface area contributed by atoms with Gasteiger partial charge < -0.3 is 5.32 Å². The first kappa shape index (κ1) is 17.3. The van der Waals surface area contributed by atoms with E-state index in [9.17, 15) is 18.8 Å². The lowest BCUT2D eigenvalue weighted by molar-refractivity contribution is -0.116. The topological polar surface area (TPSA) is 73.1 Å². The number of hydrogen-bond donors (Lipinski definition) is 1. The van der Waals surface area contributed by atoms with E-state index < -0.39 is 29.5 Å². The summed E-state index contributed by atoms with van der Waals surface area (Å²) in [7, 11) is 0. The van der Waals surface area contributed by atoms with Gasteiger partial charge in [-0.25, -0.2) is 9.18 Å². The van der Waals surface area contributed by atoms with Crippen LogP contribution in [-0.2, 0) is 17.9 Å². The second-order valence-electron chi connectivity index (χ2n) is 5.69. The molecule has 1 amide bonds. The molecule has 0 saturated carbocycles. The Kier molecular flexibility index (Phi) is 5.07. The van der Waals surface area contributed by atoms with E-state index in [-0.39, 0.29) is 0 Å². The Bertz CT molecular complexity index is 1020. The van der Waals surface area contributed by atoms with Crippen molar-refractivity contribution >= 4 is 11.6 Å². The van der Waals surface area contributed by atoms with Gasteiger partial charge in [-0.15, -0.1) is 0 Å². The number of halogens is 1. The molecule has 0 atom stereocenters. The van der Waals surface area contributed by atoms with E-state index in [4.69, 9.17) is 0 Å². The molecule has 2 aromatic carbocycles. The zero-order valence-electron chi connectivity index (χ0n) is 13.8. The number of carbonyl (C=O) groups is 1. The Balaban J connectivity index is 1.79. The summed E-state index contributed by atoms with van der Waals surface area (Å²) in [5.41, 5.74) is 0.143. The second kappa shape index (κ2) is 7.60. The van der Waals surface area contributed by atoms with Gasteiger partial charge in [0.05, 0.1) is 6.54 Å². The number of benzene rings is 2. The molecule has 1 aromatic heterocycles. The molecular formula is C19H16FN3O3. The monoisotopic (exact) mass is 353 g/mol. The third-order valence-corrected chi connectivity index (χ3v) is 3.77. The number of rotatable bonds is 5. The van der Waals surface area contributed by atoms with Crippen molar-refractivity contribution in [1.29, 1.82) is 0 Å². The van der Waals surface area contributed by atoms with Crippen molar-refractivity contribution < 1.29 is 9.18 Å². The Morgan fingerprint density at radius 2 is 1.65 bits per heavy atom. The summed E-state index contributed by atoms with van der Waals surface area (Å²) in [6.45, 7) is -0.135. The van der Waals surface area contributed by atoms with Crippen LogP contribution >= 0.6 is 0 Å². The molecule has 26 heavy (non-hydrogen) atoms. The van der Waals surface area contributed by atoms with Crippen LogP contribution in [0.3, 0.4) is 0 Å². The van der Waals surface area contributed by atoms with Gasteiger partial charge in [-0.3, -0.25) is 18.7 Å². The molecule has 0 aliphatic rings. The van der Waals surface area contributed by atoms with Gasteiger partial charge in [-0.05, 0) is 29.8 Å². The van der Waals surface area contributed by atoms with Crippen molar-refractivity contribution in [3.8, 4) is 0 Å². The van der Waals surface area contributed by atoms with Crippen LogP contribution in [0.5, 0.6) is 0 Å². The normalized spacial score (nSPS) is 10.5. The van der Waals surface area contributed by atoms with E-state index in [2.05, 4.69) is 5.32 Å². The fourth-order valence-electron chi connectivity index (χ4n) is 2.48. The summed E-state index contributed by atoms with van der Waals surface area (Å²) >= 11 is 0. The molecule has 3 aromatic rings. The number of hydrogen-bond acceptors (Lipinski definition) is 3. The van der Waals surface area contributed by atoms with Crippen LogP contribution in [0, 0.1) is 5.82 Å². The van der Waals surface area contributed by atoms with Crippen LogP contribution < -0.4 is 16.6 Å². The van der Waals surface area contributed by atoms with Crippen molar-refractivity contribution in [2.24, 2.45) is 0 Å². The standard InChI is InChI=1S/C19H16FN3O3/c20-15-6-8-16(9-7-15)21-17(24)13-23-18(25)10-11-22(19(23)26)12-14-4-2-1-3-5-14/h1-11H,12-13H2,(H,21,24). The van der Waals surface area contributed by atoms with Crippen LogP contribution in [0.1, 0.15) is 5.56 Å². The average Bonchev–Trinajstić information content (AvgIpc) is 2.64. The molecule has 0 aliphatic carbocycles. The SMILES string of the molecule is O=C(Cn1c(=O)ccn(Cc2ccccc2)c1=O)Nc1ccc(F)cc1. The molecule has 0 unspecified atom stereocenters. The zero-order valence-corrected chi connectivity index (χ0v) is 13.8. The molecule has 0 bridgehead atoms. The summed E-state index contributed by atoms with van der Waals surface area (Å²) in [6, 6.07) is 15.8. The van der Waals surface area contributed by atoms with Crippen molar-refractivity contribution in [3.63, 3.8) is 0 Å². The summed E-state index contributed by atoms with van der Waals surface area (Å²) in [5.74, 6) is -0.973. The van der Waals surface area contributed by atoms with Crippen LogP contribution in [0.2, 0.25) is 0 Å². The van der Waals surface area contributed by atoms with Gasteiger partial charge in [-0.1, -0.05) is 30.3 Å². The first-order valence-electron chi connectivity index (χ1n) is 7.92. The molecule has 6 nitrogen and oxygen atoms in total. The number of aromatic nitrogens is 2. The highest BCUT2D eigenvalue weighted by atomic mass is 19.1. The number of anilines is 1. The molecular weight excluding hydrogens is 337 g/mol. The van der Waals surface area contributed by atoms with E-state index in [1.165, 1.54) is 41.1 Å². The van der Waals surface area contributed by atoms with Crippen molar-refractivity contribution in [3.05, 3.63) is 99.1 Å². The summed E-state index contributed by atoms with van der Waals surface area (Å²) < 4.78 is 15.1. The fraction of sp³-hybridized carbons (Fsp3) is 0.105. The van der Waals surface area contributed by atoms with Gasteiger partial charge in [0.25, 0.3) is 5.56 Å². The molecule has 0 fully saturated rings. The summed E-state index contributed by atoms with van der Waals surface area (Å²) in [4.78, 5) is 36.6. The van der Waals surface area contributed by atoms with Crippen LogP contribution in [0.25, 0.3) is 0 Å². The van der Waals surface area contributed by atoms with Gasteiger partial charge in [-0.2, -0.15) is 0 Å². The van der Waals surface area contributed by atoms with Crippen LogP contribution in [0.4, 0.5) is 10.1 Å². The number of nitrogens with zero attached hydrogens (tertiary/aromatic N) is 2. The van der Waals surface area contributed by atoms with Crippen molar-refractivity contribution in [1.82, 2.24) is 9.13 Å². The molecule has 0 saturated heterocycles. The van der Waals surface area contributed by atoms with E-state index in [1.54, 1.807) is 0 Å². The molecule has 132 valence electrons. The lowest BCUT2D eigenvalue weighted by Gasteiger charge is -2.10. The number of nitrogens with one attached hydrogen (secondary N) is 1. The largest absolute Gasteiger partial charge is 0.331 e. The zero-order chi connectivity index (χ0) is 18.5. The quantitative estimate of drug-likeness (QED) is 0.761.